The second-order valence-corrected chi connectivity index (χ2v) is 6.03. The Morgan fingerprint density at radius 1 is 1.27 bits per heavy atom. The minimum Gasteiger partial charge on any atom is -0.322 e. The monoisotopic (exact) mass is 296 g/mol. The maximum Gasteiger partial charge on any atom is 0.257 e. The number of rotatable bonds is 2. The normalized spacial score (nSPS) is 22.9. The average molecular weight is 296 g/mol. The highest BCUT2D eigenvalue weighted by Crippen LogP contribution is 2.30. The third kappa shape index (κ3) is 2.46. The molecule has 1 aliphatic heterocycles. The van der Waals surface area contributed by atoms with E-state index in [2.05, 4.69) is 26.3 Å². The summed E-state index contributed by atoms with van der Waals surface area (Å²) >= 11 is 0. The van der Waals surface area contributed by atoms with Gasteiger partial charge in [-0.05, 0) is 36.6 Å². The summed E-state index contributed by atoms with van der Waals surface area (Å²) < 4.78 is 0. The van der Waals surface area contributed by atoms with Crippen LogP contribution in [0.25, 0.3) is 16.5 Å². The van der Waals surface area contributed by atoms with Gasteiger partial charge in [0.25, 0.3) is 5.56 Å². The van der Waals surface area contributed by atoms with Crippen molar-refractivity contribution in [2.45, 2.75) is 18.9 Å². The van der Waals surface area contributed by atoms with Crippen molar-refractivity contribution in [3.8, 4) is 0 Å². The molecule has 2 aliphatic rings. The van der Waals surface area contributed by atoms with Gasteiger partial charge in [-0.1, -0.05) is 6.08 Å². The molecule has 5 nitrogen and oxygen atoms in total. The molecule has 0 amide bonds. The van der Waals surface area contributed by atoms with Crippen molar-refractivity contribution >= 4 is 16.5 Å². The van der Waals surface area contributed by atoms with Crippen LogP contribution in [0.5, 0.6) is 0 Å². The third-order valence-electron chi connectivity index (χ3n) is 4.68. The van der Waals surface area contributed by atoms with E-state index in [-0.39, 0.29) is 5.56 Å². The highest BCUT2D eigenvalue weighted by atomic mass is 16.1. The first-order chi connectivity index (χ1) is 10.8. The molecule has 22 heavy (non-hydrogen) atoms. The molecule has 114 valence electrons. The van der Waals surface area contributed by atoms with Crippen molar-refractivity contribution in [3.05, 3.63) is 46.5 Å². The van der Waals surface area contributed by atoms with E-state index in [1.807, 2.05) is 12.1 Å². The van der Waals surface area contributed by atoms with Crippen LogP contribution in [0.1, 0.15) is 18.5 Å². The molecule has 2 aromatic heterocycles. The quantitative estimate of drug-likeness (QED) is 0.879. The van der Waals surface area contributed by atoms with Gasteiger partial charge in [-0.3, -0.25) is 14.7 Å². The Labute approximate surface area is 129 Å². The van der Waals surface area contributed by atoms with Gasteiger partial charge in [0.05, 0.1) is 10.9 Å². The fraction of sp³-hybridized carbons (Fsp3) is 0.412. The van der Waals surface area contributed by atoms with Crippen LogP contribution < -0.4 is 10.9 Å². The molecule has 1 unspecified atom stereocenters. The SMILES string of the molecule is O=c1[nH]c(C2=CC(N3CCNCC3)CC2)cc2ncccc12. The summed E-state index contributed by atoms with van der Waals surface area (Å²) in [6, 6.07) is 6.12. The molecule has 3 heterocycles. The molecule has 1 aliphatic carbocycles. The molecule has 0 radical (unpaired) electrons. The summed E-state index contributed by atoms with van der Waals surface area (Å²) in [5.41, 5.74) is 2.89. The number of hydrogen-bond donors (Lipinski definition) is 2. The molecule has 1 saturated heterocycles. The maximum atomic E-state index is 12.2. The Hall–Kier alpha value is -1.98. The topological polar surface area (TPSA) is 61.0 Å². The predicted molar refractivity (Wildman–Crippen MR) is 87.8 cm³/mol. The van der Waals surface area contributed by atoms with Gasteiger partial charge in [-0.25, -0.2) is 0 Å². The molecule has 0 spiro atoms. The second-order valence-electron chi connectivity index (χ2n) is 6.03. The van der Waals surface area contributed by atoms with Gasteiger partial charge in [-0.2, -0.15) is 0 Å². The van der Waals surface area contributed by atoms with Crippen molar-refractivity contribution < 1.29 is 0 Å². The number of aromatic nitrogens is 2. The summed E-state index contributed by atoms with van der Waals surface area (Å²) in [5.74, 6) is 0. The molecule has 1 fully saturated rings. The third-order valence-corrected chi connectivity index (χ3v) is 4.68. The molecule has 2 N–H and O–H groups in total. The van der Waals surface area contributed by atoms with Gasteiger partial charge in [0.2, 0.25) is 0 Å². The first kappa shape index (κ1) is 13.7. The summed E-state index contributed by atoms with van der Waals surface area (Å²) in [5, 5.41) is 4.05. The van der Waals surface area contributed by atoms with Crippen molar-refractivity contribution in [2.24, 2.45) is 0 Å². The number of piperazine rings is 1. The Balaban J connectivity index is 1.66. The molecule has 4 rings (SSSR count). The van der Waals surface area contributed by atoms with Crippen molar-refractivity contribution in [1.82, 2.24) is 20.2 Å². The lowest BCUT2D eigenvalue weighted by atomic mass is 10.1. The van der Waals surface area contributed by atoms with E-state index in [4.69, 9.17) is 0 Å². The number of fused-ring (bicyclic) bond motifs is 1. The number of pyridine rings is 2. The number of nitrogens with one attached hydrogen (secondary N) is 2. The zero-order valence-electron chi connectivity index (χ0n) is 12.5. The zero-order chi connectivity index (χ0) is 14.9. The van der Waals surface area contributed by atoms with Crippen LogP contribution in [0.2, 0.25) is 0 Å². The van der Waals surface area contributed by atoms with Gasteiger partial charge in [-0.15, -0.1) is 0 Å². The summed E-state index contributed by atoms with van der Waals surface area (Å²) in [7, 11) is 0. The molecule has 5 heteroatoms. The van der Waals surface area contributed by atoms with Crippen LogP contribution in [0.3, 0.4) is 0 Å². The zero-order valence-corrected chi connectivity index (χ0v) is 12.5. The van der Waals surface area contributed by atoms with Gasteiger partial charge >= 0.3 is 0 Å². The van der Waals surface area contributed by atoms with Crippen LogP contribution in [0.15, 0.2) is 35.3 Å². The number of H-pyrrole nitrogens is 1. The summed E-state index contributed by atoms with van der Waals surface area (Å²) in [6.45, 7) is 4.33. The summed E-state index contributed by atoms with van der Waals surface area (Å²) in [6.07, 6.45) is 6.21. The molecule has 0 saturated carbocycles. The minimum atomic E-state index is -0.0490. The van der Waals surface area contributed by atoms with E-state index in [0.29, 0.717) is 11.4 Å². The van der Waals surface area contributed by atoms with E-state index in [1.54, 1.807) is 12.3 Å². The van der Waals surface area contributed by atoms with Crippen LogP contribution in [-0.4, -0.2) is 47.1 Å². The number of nitrogens with zero attached hydrogens (tertiary/aromatic N) is 2. The lowest BCUT2D eigenvalue weighted by molar-refractivity contribution is 0.200. The average Bonchev–Trinajstić information content (AvgIpc) is 3.06. The van der Waals surface area contributed by atoms with Crippen molar-refractivity contribution in [3.63, 3.8) is 0 Å². The van der Waals surface area contributed by atoms with Gasteiger partial charge in [0.1, 0.15) is 0 Å². The van der Waals surface area contributed by atoms with Crippen molar-refractivity contribution in [1.29, 1.82) is 0 Å². The Morgan fingerprint density at radius 3 is 3.00 bits per heavy atom. The van der Waals surface area contributed by atoms with E-state index in [9.17, 15) is 4.79 Å². The highest BCUT2D eigenvalue weighted by molar-refractivity contribution is 5.81. The Kier molecular flexibility index (Phi) is 3.52. The lowest BCUT2D eigenvalue weighted by Crippen LogP contribution is -2.47. The molecular formula is C17H20N4O. The smallest absolute Gasteiger partial charge is 0.257 e. The second kappa shape index (κ2) is 5.66. The van der Waals surface area contributed by atoms with Crippen LogP contribution in [-0.2, 0) is 0 Å². The summed E-state index contributed by atoms with van der Waals surface area (Å²) in [4.78, 5) is 22.1. The number of allylic oxidation sites excluding steroid dienone is 1. The van der Waals surface area contributed by atoms with Crippen LogP contribution in [0.4, 0.5) is 0 Å². The van der Waals surface area contributed by atoms with Crippen LogP contribution >= 0.6 is 0 Å². The first-order valence-corrected chi connectivity index (χ1v) is 7.95. The van der Waals surface area contributed by atoms with E-state index < -0.39 is 0 Å². The van der Waals surface area contributed by atoms with E-state index >= 15 is 0 Å². The lowest BCUT2D eigenvalue weighted by Gasteiger charge is -2.31. The fourth-order valence-electron chi connectivity index (χ4n) is 3.49. The fourth-order valence-corrected chi connectivity index (χ4v) is 3.49. The van der Waals surface area contributed by atoms with E-state index in [0.717, 1.165) is 50.2 Å². The molecular weight excluding hydrogens is 276 g/mol. The van der Waals surface area contributed by atoms with E-state index in [1.165, 1.54) is 5.57 Å². The Bertz CT molecular complexity index is 774. The Morgan fingerprint density at radius 2 is 2.14 bits per heavy atom. The number of hydrogen-bond acceptors (Lipinski definition) is 4. The van der Waals surface area contributed by atoms with Crippen molar-refractivity contribution in [2.75, 3.05) is 26.2 Å². The first-order valence-electron chi connectivity index (χ1n) is 7.95. The molecule has 1 atom stereocenters. The predicted octanol–water partition coefficient (Wildman–Crippen LogP) is 1.37. The maximum absolute atomic E-state index is 12.2. The van der Waals surface area contributed by atoms with Gasteiger partial charge < -0.3 is 10.3 Å². The molecule has 0 aromatic carbocycles. The standard InChI is InChI=1S/C17H20N4O/c22-17-14-2-1-5-19-16(14)11-15(20-17)12-3-4-13(10-12)21-8-6-18-7-9-21/h1-2,5,10-11,13,18H,3-4,6-9H2,(H,20,22). The van der Waals surface area contributed by atoms with Gasteiger partial charge in [0.15, 0.2) is 0 Å². The van der Waals surface area contributed by atoms with Crippen LogP contribution in [0, 0.1) is 0 Å². The minimum absolute atomic E-state index is 0.0490. The molecule has 2 aromatic rings. The van der Waals surface area contributed by atoms with Gasteiger partial charge in [0, 0.05) is 44.1 Å². The number of aromatic amines is 1. The largest absolute Gasteiger partial charge is 0.322 e. The highest BCUT2D eigenvalue weighted by Gasteiger charge is 2.24. The molecule has 0 bridgehead atoms.